The van der Waals surface area contributed by atoms with Crippen molar-refractivity contribution in [1.82, 2.24) is 19.7 Å². The molecule has 3 N–H and O–H groups in total. The first kappa shape index (κ1) is 35.6. The first-order chi connectivity index (χ1) is 24.8. The third-order valence-electron chi connectivity index (χ3n) is 9.32. The van der Waals surface area contributed by atoms with Gasteiger partial charge in [-0.3, -0.25) is 24.6 Å². The van der Waals surface area contributed by atoms with Crippen LogP contribution in [0.1, 0.15) is 69.0 Å². The SMILES string of the molecule is COc1cc(CCCN2CCOCC2)ccc1-c1ccc(CCn2c3c(n[n+]2[O-])C(=O)c2nc(NCCCCCN)c([N+](=O)[O-])cc2C3=O)cc1. The van der Waals surface area contributed by atoms with Crippen LogP contribution in [0.25, 0.3) is 11.1 Å². The molecule has 0 unspecified atom stereocenters. The van der Waals surface area contributed by atoms with Gasteiger partial charge in [-0.25, -0.2) is 4.98 Å². The smallest absolute Gasteiger partial charge is 0.312 e. The van der Waals surface area contributed by atoms with Crippen molar-refractivity contribution in [2.45, 2.75) is 45.1 Å². The minimum absolute atomic E-state index is 0.0416. The number of pyridine rings is 1. The molecule has 1 fully saturated rings. The van der Waals surface area contributed by atoms with Crippen LogP contribution in [0, 0.1) is 15.3 Å². The van der Waals surface area contributed by atoms with Crippen LogP contribution in [0.3, 0.4) is 0 Å². The summed E-state index contributed by atoms with van der Waals surface area (Å²) in [5.41, 5.74) is 8.04. The fourth-order valence-corrected chi connectivity index (χ4v) is 6.53. The Bertz CT molecular complexity index is 1900. The van der Waals surface area contributed by atoms with Gasteiger partial charge in [0.15, 0.2) is 5.69 Å². The fourth-order valence-electron chi connectivity index (χ4n) is 6.53. The summed E-state index contributed by atoms with van der Waals surface area (Å²) in [6.07, 6.45) is 4.66. The summed E-state index contributed by atoms with van der Waals surface area (Å²) in [5, 5.41) is 31.5. The molecule has 51 heavy (non-hydrogen) atoms. The van der Waals surface area contributed by atoms with Gasteiger partial charge in [0.2, 0.25) is 23.1 Å². The predicted octanol–water partition coefficient (Wildman–Crippen LogP) is 3.32. The van der Waals surface area contributed by atoms with Crippen LogP contribution in [0.4, 0.5) is 11.5 Å². The van der Waals surface area contributed by atoms with E-state index in [2.05, 4.69) is 38.5 Å². The standard InChI is InChI=1S/C36H42N8O7/c1-50-30-22-25(6-5-16-41-18-20-51-21-19-41)9-12-27(30)26-10-7-24(8-11-26)13-17-42-33-32(40-44(42)49)35(46)31-28(34(33)45)23-29(43(47)48)36(39-31)38-15-4-2-3-14-37/h7-12,22-23H,2-6,13-21,37H2,1H3,(H,38,39). The van der Waals surface area contributed by atoms with Crippen molar-refractivity contribution >= 4 is 23.1 Å². The lowest BCUT2D eigenvalue weighted by Gasteiger charge is -2.26. The highest BCUT2D eigenvalue weighted by Gasteiger charge is 2.42. The number of morpholine rings is 1. The van der Waals surface area contributed by atoms with Crippen molar-refractivity contribution in [3.63, 3.8) is 0 Å². The molecular weight excluding hydrogens is 656 g/mol. The number of methoxy groups -OCH3 is 1. The lowest BCUT2D eigenvalue weighted by molar-refractivity contribution is -0.749. The Labute approximate surface area is 295 Å². The van der Waals surface area contributed by atoms with Crippen LogP contribution in [0.2, 0.25) is 0 Å². The zero-order chi connectivity index (χ0) is 35.9. The number of benzene rings is 2. The number of aryl methyl sites for hydroxylation is 2. The third kappa shape index (κ3) is 7.90. The molecule has 2 aromatic carbocycles. The largest absolute Gasteiger partial charge is 0.571 e. The lowest BCUT2D eigenvalue weighted by atomic mass is 9.93. The quantitative estimate of drug-likeness (QED) is 0.0503. The molecule has 1 aliphatic heterocycles. The van der Waals surface area contributed by atoms with Gasteiger partial charge in [0.05, 0.1) is 37.4 Å². The third-order valence-corrected chi connectivity index (χ3v) is 9.32. The van der Waals surface area contributed by atoms with Gasteiger partial charge in [0.25, 0.3) is 0 Å². The van der Waals surface area contributed by atoms with E-state index in [0.29, 0.717) is 25.9 Å². The molecule has 0 radical (unpaired) electrons. The number of nitrogens with zero attached hydrogens (tertiary/aromatic N) is 6. The van der Waals surface area contributed by atoms with E-state index in [9.17, 15) is 24.9 Å². The maximum atomic E-state index is 13.7. The average Bonchev–Trinajstić information content (AvgIpc) is 3.49. The zero-order valence-corrected chi connectivity index (χ0v) is 28.6. The van der Waals surface area contributed by atoms with Crippen molar-refractivity contribution in [2.75, 3.05) is 58.4 Å². The number of fused-ring (bicyclic) bond motifs is 2. The Morgan fingerprint density at radius 3 is 2.43 bits per heavy atom. The molecule has 268 valence electrons. The van der Waals surface area contributed by atoms with Gasteiger partial charge in [-0.2, -0.15) is 0 Å². The van der Waals surface area contributed by atoms with Crippen LogP contribution in [-0.4, -0.2) is 89.2 Å². The number of hydrogen-bond acceptors (Lipinski definition) is 12. The number of aromatic nitrogens is 4. The first-order valence-electron chi connectivity index (χ1n) is 17.3. The van der Waals surface area contributed by atoms with Crippen LogP contribution in [0.5, 0.6) is 5.75 Å². The van der Waals surface area contributed by atoms with E-state index < -0.39 is 22.2 Å². The van der Waals surface area contributed by atoms with E-state index in [-0.39, 0.29) is 40.0 Å². The van der Waals surface area contributed by atoms with Crippen LogP contribution in [-0.2, 0) is 24.1 Å². The van der Waals surface area contributed by atoms with Gasteiger partial charge in [0, 0.05) is 41.3 Å². The van der Waals surface area contributed by atoms with Gasteiger partial charge in [-0.15, -0.1) is 4.68 Å². The molecule has 0 atom stereocenters. The number of carbonyl (C=O) groups excluding carboxylic acids is 2. The second-order valence-corrected chi connectivity index (χ2v) is 12.7. The number of anilines is 1. The monoisotopic (exact) mass is 698 g/mol. The molecule has 0 saturated carbocycles. The summed E-state index contributed by atoms with van der Waals surface area (Å²) < 4.78 is 12.3. The number of nitrogens with one attached hydrogen (secondary N) is 1. The van der Waals surface area contributed by atoms with Crippen LogP contribution < -0.4 is 20.7 Å². The molecular formula is C36H42N8O7. The van der Waals surface area contributed by atoms with E-state index in [4.69, 9.17) is 15.2 Å². The molecule has 0 amide bonds. The van der Waals surface area contributed by atoms with Gasteiger partial charge in [0.1, 0.15) is 11.4 Å². The molecule has 1 aliphatic carbocycles. The number of rotatable bonds is 16. The second kappa shape index (κ2) is 16.2. The molecule has 3 heterocycles. The molecule has 15 nitrogen and oxygen atoms in total. The van der Waals surface area contributed by atoms with E-state index in [0.717, 1.165) is 91.7 Å². The van der Waals surface area contributed by atoms with E-state index in [1.54, 1.807) is 7.11 Å². The summed E-state index contributed by atoms with van der Waals surface area (Å²) in [6.45, 7) is 5.53. The highest BCUT2D eigenvalue weighted by atomic mass is 16.6. The normalized spacial score (nSPS) is 14.3. The molecule has 2 aromatic heterocycles. The van der Waals surface area contributed by atoms with Crippen molar-refractivity contribution in [3.8, 4) is 16.9 Å². The second-order valence-electron chi connectivity index (χ2n) is 12.7. The molecule has 4 aromatic rings. The summed E-state index contributed by atoms with van der Waals surface area (Å²) in [4.78, 5) is 45.1. The van der Waals surface area contributed by atoms with Crippen LogP contribution >= 0.6 is 0 Å². The highest BCUT2D eigenvalue weighted by molar-refractivity contribution is 6.26. The minimum Gasteiger partial charge on any atom is -0.571 e. The van der Waals surface area contributed by atoms with Crippen molar-refractivity contribution in [2.24, 2.45) is 5.73 Å². The number of ether oxygens (including phenoxy) is 2. The number of nitrogens with two attached hydrogens (primary N) is 1. The van der Waals surface area contributed by atoms with Gasteiger partial charge in [-0.05, 0) is 68.0 Å². The first-order valence-corrected chi connectivity index (χ1v) is 17.3. The molecule has 2 aliphatic rings. The van der Waals surface area contributed by atoms with Crippen molar-refractivity contribution in [3.05, 3.63) is 97.6 Å². The molecule has 6 rings (SSSR count). The Balaban J connectivity index is 1.14. The number of nitro groups is 1. The Morgan fingerprint density at radius 1 is 0.941 bits per heavy atom. The maximum Gasteiger partial charge on any atom is 0.312 e. The fraction of sp³-hybridized carbons (Fsp3) is 0.417. The van der Waals surface area contributed by atoms with E-state index in [1.165, 1.54) is 5.56 Å². The zero-order valence-electron chi connectivity index (χ0n) is 28.6. The van der Waals surface area contributed by atoms with Gasteiger partial charge >= 0.3 is 5.69 Å². The Kier molecular flexibility index (Phi) is 11.3. The lowest BCUT2D eigenvalue weighted by Crippen LogP contribution is -2.41. The van der Waals surface area contributed by atoms with Gasteiger partial charge in [-0.1, -0.05) is 42.8 Å². The predicted molar refractivity (Wildman–Crippen MR) is 188 cm³/mol. The summed E-state index contributed by atoms with van der Waals surface area (Å²) in [6, 6.07) is 15.1. The van der Waals surface area contributed by atoms with E-state index in [1.807, 2.05) is 24.3 Å². The minimum atomic E-state index is -0.745. The number of hydrogen-bond donors (Lipinski definition) is 2. The maximum absolute atomic E-state index is 13.7. The van der Waals surface area contributed by atoms with Crippen molar-refractivity contribution in [1.29, 1.82) is 0 Å². The van der Waals surface area contributed by atoms with E-state index >= 15 is 0 Å². The number of unbranched alkanes of at least 4 members (excludes halogenated alkanes) is 2. The molecule has 1 saturated heterocycles. The molecule has 0 spiro atoms. The van der Waals surface area contributed by atoms with Crippen LogP contribution in [0.15, 0.2) is 48.5 Å². The number of carbonyl (C=O) groups is 2. The molecule has 15 heteroatoms. The molecule has 0 bridgehead atoms. The Morgan fingerprint density at radius 2 is 1.71 bits per heavy atom. The summed E-state index contributed by atoms with van der Waals surface area (Å²) >= 11 is 0. The van der Waals surface area contributed by atoms with Crippen molar-refractivity contribution < 1.29 is 28.9 Å². The number of ketones is 2. The Hall–Kier alpha value is -5.25. The van der Waals surface area contributed by atoms with Gasteiger partial charge < -0.3 is 25.7 Å². The highest BCUT2D eigenvalue weighted by Crippen LogP contribution is 2.33. The topological polar surface area (TPSA) is 195 Å². The summed E-state index contributed by atoms with van der Waals surface area (Å²) in [5.74, 6) is -0.807. The summed E-state index contributed by atoms with van der Waals surface area (Å²) in [7, 11) is 1.66. The average molecular weight is 699 g/mol.